The maximum absolute atomic E-state index is 11.7. The lowest BCUT2D eigenvalue weighted by molar-refractivity contribution is -0.137. The molecule has 0 aliphatic rings. The zero-order chi connectivity index (χ0) is 13.7. The second kappa shape index (κ2) is 6.18. The molecule has 1 rings (SSSR count). The van der Waals surface area contributed by atoms with Gasteiger partial charge in [0.25, 0.3) is 5.91 Å². The molecule has 0 saturated carbocycles. The number of carboxylic acid groups (broad SMARTS) is 1. The molecular formula is C12H19N3O3. The van der Waals surface area contributed by atoms with Gasteiger partial charge < -0.3 is 10.4 Å². The number of hydrogen-bond donors (Lipinski definition) is 2. The van der Waals surface area contributed by atoms with Crippen LogP contribution in [-0.4, -0.2) is 33.3 Å². The summed E-state index contributed by atoms with van der Waals surface area (Å²) in [6.45, 7) is 4.24. The van der Waals surface area contributed by atoms with Crippen LogP contribution in [0.2, 0.25) is 0 Å². The molecule has 0 saturated heterocycles. The molecule has 6 nitrogen and oxygen atoms in total. The summed E-state index contributed by atoms with van der Waals surface area (Å²) in [6.07, 6.45) is 0.677. The molecule has 2 N–H and O–H groups in total. The monoisotopic (exact) mass is 253 g/mol. The number of amides is 1. The van der Waals surface area contributed by atoms with Gasteiger partial charge in [-0.15, -0.1) is 0 Å². The molecule has 0 fully saturated rings. The van der Waals surface area contributed by atoms with E-state index in [1.54, 1.807) is 17.8 Å². The Balaban J connectivity index is 2.39. The van der Waals surface area contributed by atoms with Gasteiger partial charge in [0.2, 0.25) is 0 Å². The largest absolute Gasteiger partial charge is 0.481 e. The molecule has 1 unspecified atom stereocenters. The van der Waals surface area contributed by atoms with Crippen LogP contribution in [0.3, 0.4) is 0 Å². The van der Waals surface area contributed by atoms with E-state index in [4.69, 9.17) is 5.11 Å². The van der Waals surface area contributed by atoms with Crippen molar-refractivity contribution in [1.82, 2.24) is 15.1 Å². The lowest BCUT2D eigenvalue weighted by Crippen LogP contribution is -2.29. The van der Waals surface area contributed by atoms with Crippen LogP contribution in [-0.2, 0) is 11.8 Å². The Bertz CT molecular complexity index is 420. The first kappa shape index (κ1) is 14.2. The third-order valence-electron chi connectivity index (χ3n) is 2.81. The summed E-state index contributed by atoms with van der Waals surface area (Å²) < 4.78 is 1.64. The summed E-state index contributed by atoms with van der Waals surface area (Å²) in [5.74, 6) is -0.899. The first-order chi connectivity index (χ1) is 8.40. The average Bonchev–Trinajstić information content (AvgIpc) is 2.64. The lowest BCUT2D eigenvalue weighted by atomic mass is 10.1. The molecule has 1 atom stereocenters. The van der Waals surface area contributed by atoms with Gasteiger partial charge in [0.15, 0.2) is 0 Å². The van der Waals surface area contributed by atoms with Gasteiger partial charge in [-0.25, -0.2) is 0 Å². The van der Waals surface area contributed by atoms with Crippen molar-refractivity contribution >= 4 is 11.9 Å². The summed E-state index contributed by atoms with van der Waals surface area (Å²) in [5, 5.41) is 15.4. The van der Waals surface area contributed by atoms with E-state index in [1.807, 2.05) is 13.8 Å². The van der Waals surface area contributed by atoms with E-state index < -0.39 is 5.97 Å². The van der Waals surface area contributed by atoms with Gasteiger partial charge in [0, 0.05) is 25.7 Å². The van der Waals surface area contributed by atoms with Crippen molar-refractivity contribution in [2.24, 2.45) is 13.0 Å². The molecule has 1 aromatic rings. The van der Waals surface area contributed by atoms with Crippen molar-refractivity contribution in [3.63, 3.8) is 0 Å². The fraction of sp³-hybridized carbons (Fsp3) is 0.583. The third kappa shape index (κ3) is 4.20. The molecule has 0 aliphatic heterocycles. The normalized spacial score (nSPS) is 12.2. The smallest absolute Gasteiger partial charge is 0.303 e. The standard InChI is InChI=1S/C12H19N3O3/c1-8(4-5-11(16)17)7-13-12(18)10-6-9(2)15(3)14-10/h6,8H,4-5,7H2,1-3H3,(H,13,18)(H,16,17). The highest BCUT2D eigenvalue weighted by Crippen LogP contribution is 2.05. The number of aliphatic carboxylic acids is 1. The van der Waals surface area contributed by atoms with Crippen molar-refractivity contribution < 1.29 is 14.7 Å². The third-order valence-corrected chi connectivity index (χ3v) is 2.81. The summed E-state index contributed by atoms with van der Waals surface area (Å²) in [5.41, 5.74) is 1.31. The van der Waals surface area contributed by atoms with Gasteiger partial charge in [-0.05, 0) is 25.3 Å². The highest BCUT2D eigenvalue weighted by Gasteiger charge is 2.12. The van der Waals surface area contributed by atoms with Crippen molar-refractivity contribution in [3.05, 3.63) is 17.5 Å². The van der Waals surface area contributed by atoms with Crippen LogP contribution < -0.4 is 5.32 Å². The molecule has 0 aromatic carbocycles. The second-order valence-electron chi connectivity index (χ2n) is 4.54. The van der Waals surface area contributed by atoms with E-state index in [9.17, 15) is 9.59 Å². The van der Waals surface area contributed by atoms with Gasteiger partial charge in [-0.1, -0.05) is 6.92 Å². The number of nitrogens with one attached hydrogen (secondary N) is 1. The van der Waals surface area contributed by atoms with Crippen molar-refractivity contribution in [1.29, 1.82) is 0 Å². The lowest BCUT2D eigenvalue weighted by Gasteiger charge is -2.10. The van der Waals surface area contributed by atoms with E-state index in [0.29, 0.717) is 18.7 Å². The van der Waals surface area contributed by atoms with Crippen LogP contribution in [0.4, 0.5) is 0 Å². The zero-order valence-electron chi connectivity index (χ0n) is 10.9. The summed E-state index contributed by atoms with van der Waals surface area (Å²) in [7, 11) is 1.78. The quantitative estimate of drug-likeness (QED) is 0.790. The highest BCUT2D eigenvalue weighted by molar-refractivity contribution is 5.92. The van der Waals surface area contributed by atoms with Crippen LogP contribution in [0.5, 0.6) is 0 Å². The Morgan fingerprint density at radius 1 is 1.56 bits per heavy atom. The van der Waals surface area contributed by atoms with Crippen LogP contribution in [0, 0.1) is 12.8 Å². The van der Waals surface area contributed by atoms with E-state index >= 15 is 0 Å². The Morgan fingerprint density at radius 3 is 2.72 bits per heavy atom. The minimum Gasteiger partial charge on any atom is -0.481 e. The number of carbonyl (C=O) groups excluding carboxylic acids is 1. The predicted molar refractivity (Wildman–Crippen MR) is 66.3 cm³/mol. The first-order valence-electron chi connectivity index (χ1n) is 5.90. The fourth-order valence-electron chi connectivity index (χ4n) is 1.50. The Kier molecular flexibility index (Phi) is 4.88. The van der Waals surface area contributed by atoms with E-state index in [-0.39, 0.29) is 18.2 Å². The number of carboxylic acids is 1. The maximum atomic E-state index is 11.7. The van der Waals surface area contributed by atoms with Crippen LogP contribution in [0.15, 0.2) is 6.07 Å². The van der Waals surface area contributed by atoms with Gasteiger partial charge in [0.1, 0.15) is 5.69 Å². The first-order valence-corrected chi connectivity index (χ1v) is 5.90. The number of hydrogen-bond acceptors (Lipinski definition) is 3. The Labute approximate surface area is 106 Å². The molecule has 0 aliphatic carbocycles. The molecule has 1 aromatic heterocycles. The highest BCUT2D eigenvalue weighted by atomic mass is 16.4. The van der Waals surface area contributed by atoms with Crippen molar-refractivity contribution in [2.75, 3.05) is 6.54 Å². The minimum atomic E-state index is -0.812. The summed E-state index contributed by atoms with van der Waals surface area (Å²) in [6, 6.07) is 1.72. The average molecular weight is 253 g/mol. The number of carbonyl (C=O) groups is 2. The molecule has 0 spiro atoms. The van der Waals surface area contributed by atoms with E-state index in [0.717, 1.165) is 5.69 Å². The number of aromatic nitrogens is 2. The second-order valence-corrected chi connectivity index (χ2v) is 4.54. The molecule has 6 heteroatoms. The van der Waals surface area contributed by atoms with Crippen LogP contribution in [0.25, 0.3) is 0 Å². The molecule has 18 heavy (non-hydrogen) atoms. The number of rotatable bonds is 6. The van der Waals surface area contributed by atoms with Crippen LogP contribution >= 0.6 is 0 Å². The molecule has 1 heterocycles. The molecule has 1 amide bonds. The fourth-order valence-corrected chi connectivity index (χ4v) is 1.50. The van der Waals surface area contributed by atoms with E-state index in [2.05, 4.69) is 10.4 Å². The van der Waals surface area contributed by atoms with Gasteiger partial charge in [-0.2, -0.15) is 5.10 Å². The molecule has 100 valence electrons. The molecule has 0 bridgehead atoms. The van der Waals surface area contributed by atoms with Gasteiger partial charge in [0.05, 0.1) is 0 Å². The zero-order valence-corrected chi connectivity index (χ0v) is 10.9. The van der Waals surface area contributed by atoms with Gasteiger partial charge in [-0.3, -0.25) is 14.3 Å². The Hall–Kier alpha value is -1.85. The Morgan fingerprint density at radius 2 is 2.22 bits per heavy atom. The minimum absolute atomic E-state index is 0.125. The molecular weight excluding hydrogens is 234 g/mol. The SMILES string of the molecule is Cc1cc(C(=O)NCC(C)CCC(=O)O)nn1C. The summed E-state index contributed by atoms with van der Waals surface area (Å²) >= 11 is 0. The topological polar surface area (TPSA) is 84.2 Å². The van der Waals surface area contributed by atoms with Crippen molar-refractivity contribution in [2.45, 2.75) is 26.7 Å². The van der Waals surface area contributed by atoms with Crippen LogP contribution in [0.1, 0.15) is 35.9 Å². The van der Waals surface area contributed by atoms with E-state index in [1.165, 1.54) is 0 Å². The summed E-state index contributed by atoms with van der Waals surface area (Å²) in [4.78, 5) is 22.2. The predicted octanol–water partition coefficient (Wildman–Crippen LogP) is 0.959. The molecule has 0 radical (unpaired) electrons. The number of aryl methyl sites for hydroxylation is 2. The maximum Gasteiger partial charge on any atom is 0.303 e. The van der Waals surface area contributed by atoms with Gasteiger partial charge >= 0.3 is 5.97 Å². The number of nitrogens with zero attached hydrogens (tertiary/aromatic N) is 2. The van der Waals surface area contributed by atoms with Crippen molar-refractivity contribution in [3.8, 4) is 0 Å².